The smallest absolute Gasteiger partial charge is 0.00730 e. The second kappa shape index (κ2) is 4.81. The van der Waals surface area contributed by atoms with Gasteiger partial charge in [0.1, 0.15) is 0 Å². The molecule has 0 radical (unpaired) electrons. The number of rotatable bonds is 3. The number of hydrogen-bond acceptors (Lipinski definition) is 1. The zero-order chi connectivity index (χ0) is 11.7. The fourth-order valence-corrected chi connectivity index (χ4v) is 3.40. The highest BCUT2D eigenvalue weighted by Crippen LogP contribution is 2.34. The summed E-state index contributed by atoms with van der Waals surface area (Å²) < 4.78 is 0. The summed E-state index contributed by atoms with van der Waals surface area (Å²) in [5, 5.41) is 0. The summed E-state index contributed by atoms with van der Waals surface area (Å²) in [6, 6.07) is 9.33. The van der Waals surface area contributed by atoms with Crippen LogP contribution < -0.4 is 5.73 Å². The van der Waals surface area contributed by atoms with Gasteiger partial charge in [-0.2, -0.15) is 0 Å². The SMILES string of the molecule is NC(CC1CCC1)C1CCc2ccccc2C1. The first-order valence-electron chi connectivity index (χ1n) is 7.15. The molecule has 1 fully saturated rings. The highest BCUT2D eigenvalue weighted by molar-refractivity contribution is 5.29. The molecule has 2 aliphatic rings. The molecule has 0 bridgehead atoms. The van der Waals surface area contributed by atoms with Crippen LogP contribution in [0.3, 0.4) is 0 Å². The summed E-state index contributed by atoms with van der Waals surface area (Å²) in [4.78, 5) is 0. The minimum Gasteiger partial charge on any atom is -0.327 e. The molecule has 2 unspecified atom stereocenters. The Kier molecular flexibility index (Phi) is 3.19. The van der Waals surface area contributed by atoms with Crippen molar-refractivity contribution in [2.24, 2.45) is 17.6 Å². The van der Waals surface area contributed by atoms with E-state index in [0.29, 0.717) is 6.04 Å². The monoisotopic (exact) mass is 229 g/mol. The summed E-state index contributed by atoms with van der Waals surface area (Å²) >= 11 is 0. The Hall–Kier alpha value is -0.820. The minimum atomic E-state index is 0.439. The maximum Gasteiger partial charge on any atom is 0.00730 e. The number of hydrogen-bond donors (Lipinski definition) is 1. The number of aryl methyl sites for hydroxylation is 1. The van der Waals surface area contributed by atoms with Crippen LogP contribution in [0.15, 0.2) is 24.3 Å². The molecule has 0 aromatic heterocycles. The molecule has 0 heterocycles. The quantitative estimate of drug-likeness (QED) is 0.845. The predicted molar refractivity (Wildman–Crippen MR) is 71.9 cm³/mol. The molecule has 2 N–H and O–H groups in total. The third kappa shape index (κ3) is 2.40. The summed E-state index contributed by atoms with van der Waals surface area (Å²) in [7, 11) is 0. The molecule has 92 valence electrons. The molecule has 2 atom stereocenters. The van der Waals surface area contributed by atoms with Crippen LogP contribution in [0.4, 0.5) is 0 Å². The van der Waals surface area contributed by atoms with Crippen molar-refractivity contribution in [2.75, 3.05) is 0 Å². The molecular weight excluding hydrogens is 206 g/mol. The van der Waals surface area contributed by atoms with E-state index in [1.54, 1.807) is 11.1 Å². The van der Waals surface area contributed by atoms with E-state index in [0.717, 1.165) is 11.8 Å². The lowest BCUT2D eigenvalue weighted by atomic mass is 9.74. The summed E-state index contributed by atoms with van der Waals surface area (Å²) in [5.74, 6) is 1.67. The van der Waals surface area contributed by atoms with Crippen LogP contribution in [0.2, 0.25) is 0 Å². The van der Waals surface area contributed by atoms with E-state index in [2.05, 4.69) is 24.3 Å². The van der Waals surface area contributed by atoms with E-state index in [1.165, 1.54) is 44.9 Å². The topological polar surface area (TPSA) is 26.0 Å². The van der Waals surface area contributed by atoms with Crippen LogP contribution in [-0.4, -0.2) is 6.04 Å². The van der Waals surface area contributed by atoms with Crippen molar-refractivity contribution < 1.29 is 0 Å². The lowest BCUT2D eigenvalue weighted by molar-refractivity contribution is 0.237. The van der Waals surface area contributed by atoms with Crippen LogP contribution in [0.1, 0.15) is 43.2 Å². The first-order chi connectivity index (χ1) is 8.33. The Labute approximate surface area is 104 Å². The molecule has 1 aromatic rings. The molecule has 0 saturated heterocycles. The molecule has 3 rings (SSSR count). The fraction of sp³-hybridized carbons (Fsp3) is 0.625. The van der Waals surface area contributed by atoms with Gasteiger partial charge in [-0.3, -0.25) is 0 Å². The van der Waals surface area contributed by atoms with E-state index < -0.39 is 0 Å². The number of fused-ring (bicyclic) bond motifs is 1. The van der Waals surface area contributed by atoms with Crippen molar-refractivity contribution in [3.05, 3.63) is 35.4 Å². The lowest BCUT2D eigenvalue weighted by Crippen LogP contribution is -2.36. The van der Waals surface area contributed by atoms with Crippen LogP contribution in [0.25, 0.3) is 0 Å². The Morgan fingerprint density at radius 3 is 2.59 bits per heavy atom. The third-order valence-corrected chi connectivity index (χ3v) is 4.82. The second-order valence-electron chi connectivity index (χ2n) is 5.97. The van der Waals surface area contributed by atoms with Crippen LogP contribution in [0, 0.1) is 11.8 Å². The van der Waals surface area contributed by atoms with Gasteiger partial charge >= 0.3 is 0 Å². The maximum atomic E-state index is 6.42. The Balaban J connectivity index is 1.62. The van der Waals surface area contributed by atoms with Gasteiger partial charge in [0.2, 0.25) is 0 Å². The summed E-state index contributed by atoms with van der Waals surface area (Å²) in [5.41, 5.74) is 9.52. The number of nitrogens with two attached hydrogens (primary N) is 1. The van der Waals surface area contributed by atoms with Crippen molar-refractivity contribution >= 4 is 0 Å². The number of benzene rings is 1. The van der Waals surface area contributed by atoms with Gasteiger partial charge in [0.25, 0.3) is 0 Å². The van der Waals surface area contributed by atoms with Gasteiger partial charge in [0.15, 0.2) is 0 Å². The highest BCUT2D eigenvalue weighted by atomic mass is 14.7. The van der Waals surface area contributed by atoms with Crippen molar-refractivity contribution in [3.63, 3.8) is 0 Å². The highest BCUT2D eigenvalue weighted by Gasteiger charge is 2.27. The van der Waals surface area contributed by atoms with Gasteiger partial charge in [0, 0.05) is 6.04 Å². The standard InChI is InChI=1S/C16H23N/c17-16(10-12-4-3-5-12)15-9-8-13-6-1-2-7-14(13)11-15/h1-2,6-7,12,15-16H,3-5,8-11,17H2. The van der Waals surface area contributed by atoms with Crippen molar-refractivity contribution in [2.45, 2.75) is 51.0 Å². The van der Waals surface area contributed by atoms with Crippen molar-refractivity contribution in [1.82, 2.24) is 0 Å². The van der Waals surface area contributed by atoms with Crippen LogP contribution in [-0.2, 0) is 12.8 Å². The zero-order valence-electron chi connectivity index (χ0n) is 10.6. The molecule has 0 amide bonds. The fourth-order valence-electron chi connectivity index (χ4n) is 3.40. The molecule has 2 aliphatic carbocycles. The Morgan fingerprint density at radius 1 is 1.12 bits per heavy atom. The van der Waals surface area contributed by atoms with Gasteiger partial charge in [-0.1, -0.05) is 43.5 Å². The first kappa shape index (κ1) is 11.3. The van der Waals surface area contributed by atoms with Crippen molar-refractivity contribution in [1.29, 1.82) is 0 Å². The Morgan fingerprint density at radius 2 is 1.88 bits per heavy atom. The van der Waals surface area contributed by atoms with E-state index in [1.807, 2.05) is 0 Å². The molecule has 1 nitrogen and oxygen atoms in total. The van der Waals surface area contributed by atoms with Crippen LogP contribution in [0.5, 0.6) is 0 Å². The zero-order valence-corrected chi connectivity index (χ0v) is 10.6. The Bertz CT molecular complexity index is 381. The largest absolute Gasteiger partial charge is 0.327 e. The van der Waals surface area contributed by atoms with Gasteiger partial charge < -0.3 is 5.73 Å². The minimum absolute atomic E-state index is 0.439. The van der Waals surface area contributed by atoms with Gasteiger partial charge in [0.05, 0.1) is 0 Å². The first-order valence-corrected chi connectivity index (χ1v) is 7.15. The van der Waals surface area contributed by atoms with Crippen LogP contribution >= 0.6 is 0 Å². The lowest BCUT2D eigenvalue weighted by Gasteiger charge is -2.34. The van der Waals surface area contributed by atoms with Crippen molar-refractivity contribution in [3.8, 4) is 0 Å². The molecule has 0 spiro atoms. The molecule has 0 aliphatic heterocycles. The molecule has 1 saturated carbocycles. The van der Waals surface area contributed by atoms with E-state index in [-0.39, 0.29) is 0 Å². The third-order valence-electron chi connectivity index (χ3n) is 4.82. The van der Waals surface area contributed by atoms with E-state index in [4.69, 9.17) is 5.73 Å². The van der Waals surface area contributed by atoms with Gasteiger partial charge in [-0.05, 0) is 48.6 Å². The summed E-state index contributed by atoms with van der Waals surface area (Å²) in [6.45, 7) is 0. The van der Waals surface area contributed by atoms with E-state index in [9.17, 15) is 0 Å². The molecule has 1 heteroatoms. The molecular formula is C16H23N. The maximum absolute atomic E-state index is 6.42. The average molecular weight is 229 g/mol. The summed E-state index contributed by atoms with van der Waals surface area (Å²) in [6.07, 6.45) is 9.31. The average Bonchev–Trinajstić information content (AvgIpc) is 2.33. The second-order valence-corrected chi connectivity index (χ2v) is 5.97. The predicted octanol–water partition coefficient (Wildman–Crippen LogP) is 3.31. The normalized spacial score (nSPS) is 26.1. The van der Waals surface area contributed by atoms with E-state index >= 15 is 0 Å². The van der Waals surface area contributed by atoms with Gasteiger partial charge in [-0.25, -0.2) is 0 Å². The molecule has 17 heavy (non-hydrogen) atoms. The molecule has 1 aromatic carbocycles. The van der Waals surface area contributed by atoms with Gasteiger partial charge in [-0.15, -0.1) is 0 Å².